The molecule has 3 N–H and O–H groups in total. The molecule has 2 bridgehead atoms. The third-order valence-electron chi connectivity index (χ3n) is 6.23. The van der Waals surface area contributed by atoms with E-state index in [1.165, 1.54) is 4.90 Å². The molecule has 3 fully saturated rings. The Labute approximate surface area is 188 Å². The summed E-state index contributed by atoms with van der Waals surface area (Å²) in [5, 5.41) is 9.28. The van der Waals surface area contributed by atoms with Gasteiger partial charge in [-0.2, -0.15) is 0 Å². The Morgan fingerprint density at radius 3 is 2.31 bits per heavy atom. The SMILES string of the molecule is CN=C(NCCCC(=O)NC1CC1)NCCN1C(=O)C2C3C=CC(C3)C2C1=O.I. The van der Waals surface area contributed by atoms with Crippen LogP contribution in [0, 0.1) is 23.7 Å². The van der Waals surface area contributed by atoms with Crippen LogP contribution in [0.5, 0.6) is 0 Å². The highest BCUT2D eigenvalue weighted by atomic mass is 127. The maximum atomic E-state index is 12.6. The molecule has 1 aliphatic heterocycles. The number of nitrogens with zero attached hydrogens (tertiary/aromatic N) is 2. The van der Waals surface area contributed by atoms with Gasteiger partial charge in [0.1, 0.15) is 0 Å². The first-order valence-electron chi connectivity index (χ1n) is 10.4. The van der Waals surface area contributed by atoms with Crippen LogP contribution in [0.25, 0.3) is 0 Å². The zero-order valence-electron chi connectivity index (χ0n) is 16.7. The quantitative estimate of drug-likeness (QED) is 0.110. The van der Waals surface area contributed by atoms with E-state index in [1.54, 1.807) is 7.05 Å². The minimum atomic E-state index is -0.137. The van der Waals surface area contributed by atoms with Crippen molar-refractivity contribution in [3.05, 3.63) is 12.2 Å². The molecule has 3 amide bonds. The van der Waals surface area contributed by atoms with Gasteiger partial charge in [0.25, 0.3) is 0 Å². The second kappa shape index (κ2) is 9.44. The van der Waals surface area contributed by atoms with Crippen molar-refractivity contribution in [1.82, 2.24) is 20.9 Å². The molecule has 4 rings (SSSR count). The van der Waals surface area contributed by atoms with Crippen LogP contribution >= 0.6 is 24.0 Å². The Hall–Kier alpha value is -1.65. The van der Waals surface area contributed by atoms with Crippen LogP contribution in [-0.2, 0) is 14.4 Å². The summed E-state index contributed by atoms with van der Waals surface area (Å²) in [7, 11) is 1.68. The molecular formula is C20H30IN5O3. The lowest BCUT2D eigenvalue weighted by Gasteiger charge is -2.18. The van der Waals surface area contributed by atoms with Crippen LogP contribution in [0.1, 0.15) is 32.1 Å². The second-order valence-corrected chi connectivity index (χ2v) is 8.20. The van der Waals surface area contributed by atoms with Crippen molar-refractivity contribution in [2.75, 3.05) is 26.7 Å². The number of amides is 3. The monoisotopic (exact) mass is 515 g/mol. The van der Waals surface area contributed by atoms with Crippen molar-refractivity contribution < 1.29 is 14.4 Å². The zero-order valence-corrected chi connectivity index (χ0v) is 19.1. The summed E-state index contributed by atoms with van der Waals surface area (Å²) in [6.45, 7) is 1.45. The van der Waals surface area contributed by atoms with Gasteiger partial charge < -0.3 is 16.0 Å². The number of guanidine groups is 1. The Morgan fingerprint density at radius 1 is 1.10 bits per heavy atom. The van der Waals surface area contributed by atoms with Crippen molar-refractivity contribution in [2.24, 2.45) is 28.7 Å². The van der Waals surface area contributed by atoms with Crippen molar-refractivity contribution >= 4 is 47.7 Å². The number of hydrogen-bond donors (Lipinski definition) is 3. The molecule has 29 heavy (non-hydrogen) atoms. The number of aliphatic imine (C=N–C) groups is 1. The highest BCUT2D eigenvalue weighted by molar-refractivity contribution is 14.0. The number of allylic oxidation sites excluding steroid dienone is 2. The first-order valence-corrected chi connectivity index (χ1v) is 10.4. The molecule has 3 aliphatic carbocycles. The summed E-state index contributed by atoms with van der Waals surface area (Å²) >= 11 is 0. The number of nitrogens with one attached hydrogen (secondary N) is 3. The molecule has 0 aromatic carbocycles. The largest absolute Gasteiger partial charge is 0.356 e. The summed E-state index contributed by atoms with van der Waals surface area (Å²) in [6, 6.07) is 0.399. The first-order chi connectivity index (χ1) is 13.6. The lowest BCUT2D eigenvalue weighted by molar-refractivity contribution is -0.140. The smallest absolute Gasteiger partial charge is 0.233 e. The van der Waals surface area contributed by atoms with Gasteiger partial charge in [-0.1, -0.05) is 12.2 Å². The average molecular weight is 515 g/mol. The average Bonchev–Trinajstić information content (AvgIpc) is 3.15. The van der Waals surface area contributed by atoms with Crippen LogP contribution < -0.4 is 16.0 Å². The fourth-order valence-corrected chi connectivity index (χ4v) is 4.67. The van der Waals surface area contributed by atoms with Gasteiger partial charge in [-0.25, -0.2) is 0 Å². The minimum absolute atomic E-state index is 0. The molecule has 4 atom stereocenters. The number of hydrogen-bond acceptors (Lipinski definition) is 4. The summed E-state index contributed by atoms with van der Waals surface area (Å²) in [5.74, 6) is 0.905. The van der Waals surface area contributed by atoms with Crippen LogP contribution in [0.15, 0.2) is 17.1 Å². The van der Waals surface area contributed by atoms with Gasteiger partial charge in [-0.3, -0.25) is 24.3 Å². The number of imide groups is 1. The van der Waals surface area contributed by atoms with Gasteiger partial charge in [0.05, 0.1) is 11.8 Å². The Morgan fingerprint density at radius 2 is 1.72 bits per heavy atom. The number of likely N-dealkylation sites (tertiary alicyclic amines) is 1. The number of rotatable bonds is 8. The highest BCUT2D eigenvalue weighted by Crippen LogP contribution is 2.52. The zero-order chi connectivity index (χ0) is 19.7. The highest BCUT2D eigenvalue weighted by Gasteiger charge is 2.58. The molecule has 2 saturated carbocycles. The third kappa shape index (κ3) is 4.75. The van der Waals surface area contributed by atoms with E-state index in [1.807, 2.05) is 0 Å². The van der Waals surface area contributed by atoms with Crippen molar-refractivity contribution in [1.29, 1.82) is 0 Å². The molecular weight excluding hydrogens is 485 g/mol. The Kier molecular flexibility index (Phi) is 7.18. The Bertz CT molecular complexity index is 691. The van der Waals surface area contributed by atoms with E-state index in [9.17, 15) is 14.4 Å². The van der Waals surface area contributed by atoms with Gasteiger partial charge in [-0.05, 0) is 37.5 Å². The maximum Gasteiger partial charge on any atom is 0.233 e. The fraction of sp³-hybridized carbons (Fsp3) is 0.700. The standard InChI is InChI=1S/C20H29N5O3.HI/c1-21-20(22-8-2-3-15(26)24-14-6-7-14)23-9-10-25-18(27)16-12-4-5-13(11-12)17(16)19(25)28;/h4-5,12-14,16-17H,2-3,6-11H2,1H3,(H,24,26)(H2,21,22,23);1H. The predicted octanol–water partition coefficient (Wildman–Crippen LogP) is 0.635. The summed E-state index contributed by atoms with van der Waals surface area (Å²) < 4.78 is 0. The summed E-state index contributed by atoms with van der Waals surface area (Å²) in [5.41, 5.74) is 0. The molecule has 9 heteroatoms. The molecule has 0 aromatic rings. The first kappa shape index (κ1) is 22.0. The third-order valence-corrected chi connectivity index (χ3v) is 6.23. The van der Waals surface area contributed by atoms with E-state index >= 15 is 0 Å². The molecule has 0 radical (unpaired) electrons. The summed E-state index contributed by atoms with van der Waals surface area (Å²) in [4.78, 5) is 42.5. The minimum Gasteiger partial charge on any atom is -0.356 e. The fourth-order valence-electron chi connectivity index (χ4n) is 4.67. The topological polar surface area (TPSA) is 103 Å². The number of halogens is 1. The second-order valence-electron chi connectivity index (χ2n) is 8.20. The number of carbonyl (C=O) groups is 3. The molecule has 4 aliphatic rings. The van der Waals surface area contributed by atoms with E-state index < -0.39 is 0 Å². The molecule has 0 spiro atoms. The van der Waals surface area contributed by atoms with E-state index in [4.69, 9.17) is 0 Å². The van der Waals surface area contributed by atoms with E-state index in [0.717, 1.165) is 25.7 Å². The lowest BCUT2D eigenvalue weighted by Crippen LogP contribution is -2.44. The van der Waals surface area contributed by atoms with Crippen LogP contribution in [-0.4, -0.2) is 61.3 Å². The van der Waals surface area contributed by atoms with Gasteiger partial charge in [0.15, 0.2) is 5.96 Å². The normalized spacial score (nSPS) is 29.7. The lowest BCUT2D eigenvalue weighted by atomic mass is 9.85. The Balaban J connectivity index is 0.00000240. The van der Waals surface area contributed by atoms with Crippen LogP contribution in [0.2, 0.25) is 0 Å². The molecule has 4 unspecified atom stereocenters. The van der Waals surface area contributed by atoms with Gasteiger partial charge in [0, 0.05) is 39.1 Å². The van der Waals surface area contributed by atoms with Gasteiger partial charge in [-0.15, -0.1) is 24.0 Å². The molecule has 0 aromatic heterocycles. The van der Waals surface area contributed by atoms with Crippen LogP contribution in [0.3, 0.4) is 0 Å². The van der Waals surface area contributed by atoms with Gasteiger partial charge in [0.2, 0.25) is 17.7 Å². The number of carbonyl (C=O) groups excluding carboxylic acids is 3. The number of fused-ring (bicyclic) bond motifs is 5. The van der Waals surface area contributed by atoms with Crippen molar-refractivity contribution in [3.8, 4) is 0 Å². The molecule has 8 nitrogen and oxygen atoms in total. The van der Waals surface area contributed by atoms with Crippen molar-refractivity contribution in [3.63, 3.8) is 0 Å². The maximum absolute atomic E-state index is 12.6. The summed E-state index contributed by atoms with van der Waals surface area (Å²) in [6.07, 6.45) is 8.58. The van der Waals surface area contributed by atoms with E-state index in [0.29, 0.717) is 38.1 Å². The van der Waals surface area contributed by atoms with Crippen molar-refractivity contribution in [2.45, 2.75) is 38.1 Å². The molecule has 1 saturated heterocycles. The van der Waals surface area contributed by atoms with Gasteiger partial charge >= 0.3 is 0 Å². The molecule has 160 valence electrons. The van der Waals surface area contributed by atoms with E-state index in [2.05, 4.69) is 33.1 Å². The van der Waals surface area contributed by atoms with E-state index in [-0.39, 0.29) is 65.4 Å². The predicted molar refractivity (Wildman–Crippen MR) is 120 cm³/mol. The van der Waals surface area contributed by atoms with Crippen LogP contribution in [0.4, 0.5) is 0 Å². The molecule has 1 heterocycles.